The Hall–Kier alpha value is -0.645. The van der Waals surface area contributed by atoms with Gasteiger partial charge in [0.1, 0.15) is 0 Å². The Morgan fingerprint density at radius 3 is 2.05 bits per heavy atom. The molecular weight excluding hydrogens is 267 g/mol. The van der Waals surface area contributed by atoms with Gasteiger partial charge in [-0.1, -0.05) is 25.4 Å². The molecular formula is C13H20BClFNO2. The average Bonchev–Trinajstić information content (AvgIpc) is 2.55. The van der Waals surface area contributed by atoms with Gasteiger partial charge in [0.15, 0.2) is 0 Å². The van der Waals surface area contributed by atoms with Crippen molar-refractivity contribution in [2.45, 2.75) is 52.7 Å². The SMILES string of the molecule is CC.CC1(C)OB(c2cnc(F)c(Cl)c2)OC1(C)C. The molecule has 1 saturated heterocycles. The maximum atomic E-state index is 13.0. The molecule has 0 saturated carbocycles. The molecule has 1 aliphatic rings. The molecule has 1 aliphatic heterocycles. The Bertz CT molecular complexity index is 438. The van der Waals surface area contributed by atoms with Crippen LogP contribution in [0.1, 0.15) is 41.5 Å². The highest BCUT2D eigenvalue weighted by Crippen LogP contribution is 2.36. The zero-order chi connectivity index (χ0) is 14.8. The largest absolute Gasteiger partial charge is 0.496 e. The minimum atomic E-state index is -0.688. The molecule has 3 nitrogen and oxygen atoms in total. The zero-order valence-corrected chi connectivity index (χ0v) is 13.0. The molecule has 0 aromatic carbocycles. The molecule has 1 aromatic rings. The maximum Gasteiger partial charge on any atom is 0.496 e. The highest BCUT2D eigenvalue weighted by atomic mass is 35.5. The fourth-order valence-electron chi connectivity index (χ4n) is 1.54. The molecule has 6 heteroatoms. The lowest BCUT2D eigenvalue weighted by Crippen LogP contribution is -2.41. The Balaban J connectivity index is 0.000000861. The Labute approximate surface area is 119 Å². The van der Waals surface area contributed by atoms with E-state index in [0.717, 1.165) is 0 Å². The first kappa shape index (κ1) is 16.4. The number of rotatable bonds is 1. The van der Waals surface area contributed by atoms with Crippen molar-refractivity contribution >= 4 is 24.2 Å². The highest BCUT2D eigenvalue weighted by molar-refractivity contribution is 6.62. The van der Waals surface area contributed by atoms with Crippen LogP contribution in [-0.4, -0.2) is 23.3 Å². The molecule has 0 atom stereocenters. The molecule has 1 fully saturated rings. The Morgan fingerprint density at radius 2 is 1.63 bits per heavy atom. The van der Waals surface area contributed by atoms with Gasteiger partial charge < -0.3 is 9.31 Å². The van der Waals surface area contributed by atoms with E-state index >= 15 is 0 Å². The fraction of sp³-hybridized carbons (Fsp3) is 0.615. The van der Waals surface area contributed by atoms with E-state index in [2.05, 4.69) is 4.98 Å². The minimum Gasteiger partial charge on any atom is -0.399 e. The molecule has 1 aromatic heterocycles. The van der Waals surface area contributed by atoms with Crippen molar-refractivity contribution in [3.05, 3.63) is 23.2 Å². The molecule has 0 bridgehead atoms. The van der Waals surface area contributed by atoms with Crippen LogP contribution in [-0.2, 0) is 9.31 Å². The van der Waals surface area contributed by atoms with Crippen molar-refractivity contribution in [2.24, 2.45) is 0 Å². The fourth-order valence-corrected chi connectivity index (χ4v) is 1.72. The summed E-state index contributed by atoms with van der Waals surface area (Å²) in [5, 5.41) is -0.0304. The number of aromatic nitrogens is 1. The van der Waals surface area contributed by atoms with Crippen LogP contribution in [0.2, 0.25) is 5.02 Å². The number of halogens is 2. The van der Waals surface area contributed by atoms with E-state index in [1.807, 2.05) is 41.5 Å². The number of hydrogen-bond acceptors (Lipinski definition) is 3. The topological polar surface area (TPSA) is 31.4 Å². The van der Waals surface area contributed by atoms with Crippen LogP contribution in [0.4, 0.5) is 4.39 Å². The zero-order valence-electron chi connectivity index (χ0n) is 12.3. The predicted octanol–water partition coefficient (Wildman–Crippen LogP) is 3.20. The second-order valence-electron chi connectivity index (χ2n) is 5.13. The lowest BCUT2D eigenvalue weighted by Gasteiger charge is -2.32. The summed E-state index contributed by atoms with van der Waals surface area (Å²) in [5.74, 6) is -0.688. The van der Waals surface area contributed by atoms with E-state index < -0.39 is 24.3 Å². The number of nitrogens with zero attached hydrogens (tertiary/aromatic N) is 1. The molecule has 19 heavy (non-hydrogen) atoms. The van der Waals surface area contributed by atoms with Crippen LogP contribution >= 0.6 is 11.6 Å². The summed E-state index contributed by atoms with van der Waals surface area (Å²) < 4.78 is 24.6. The van der Waals surface area contributed by atoms with Crippen LogP contribution in [0.3, 0.4) is 0 Å². The summed E-state index contributed by atoms with van der Waals surface area (Å²) in [6.45, 7) is 11.8. The number of pyridine rings is 1. The van der Waals surface area contributed by atoms with Crippen molar-refractivity contribution < 1.29 is 13.7 Å². The lowest BCUT2D eigenvalue weighted by atomic mass is 9.80. The van der Waals surface area contributed by atoms with Crippen molar-refractivity contribution in [1.82, 2.24) is 4.98 Å². The first-order chi connectivity index (χ1) is 8.73. The van der Waals surface area contributed by atoms with Gasteiger partial charge in [-0.2, -0.15) is 4.39 Å². The standard InChI is InChI=1S/C11H14BClFNO2.C2H6/c1-10(2)11(3,4)17-12(16-10)7-5-8(13)9(14)15-6-7;1-2/h5-6H,1-4H3;1-2H3. The smallest absolute Gasteiger partial charge is 0.399 e. The van der Waals surface area contributed by atoms with Gasteiger partial charge in [0, 0.05) is 11.7 Å². The van der Waals surface area contributed by atoms with Crippen LogP contribution < -0.4 is 5.46 Å². The molecule has 2 rings (SSSR count). The quantitative estimate of drug-likeness (QED) is 0.587. The van der Waals surface area contributed by atoms with Gasteiger partial charge in [-0.05, 0) is 33.8 Å². The summed E-state index contributed by atoms with van der Waals surface area (Å²) in [6, 6.07) is 1.48. The number of hydrogen-bond donors (Lipinski definition) is 0. The van der Waals surface area contributed by atoms with Gasteiger partial charge in [-0.15, -0.1) is 0 Å². The van der Waals surface area contributed by atoms with E-state index in [9.17, 15) is 4.39 Å². The third-order valence-corrected chi connectivity index (χ3v) is 3.61. The first-order valence-corrected chi connectivity index (χ1v) is 6.77. The van der Waals surface area contributed by atoms with Gasteiger partial charge in [0.25, 0.3) is 0 Å². The van der Waals surface area contributed by atoms with Gasteiger partial charge in [-0.3, -0.25) is 0 Å². The normalized spacial score (nSPS) is 19.9. The second kappa shape index (κ2) is 5.77. The van der Waals surface area contributed by atoms with Gasteiger partial charge >= 0.3 is 7.12 Å². The second-order valence-corrected chi connectivity index (χ2v) is 5.54. The summed E-state index contributed by atoms with van der Waals surface area (Å²) in [4.78, 5) is 3.56. The summed E-state index contributed by atoms with van der Waals surface area (Å²) in [5.41, 5.74) is -0.244. The molecule has 0 amide bonds. The minimum absolute atomic E-state index is 0.0304. The monoisotopic (exact) mass is 287 g/mol. The van der Waals surface area contributed by atoms with Crippen LogP contribution in [0.5, 0.6) is 0 Å². The van der Waals surface area contributed by atoms with Gasteiger partial charge in [-0.25, -0.2) is 4.98 Å². The molecule has 0 aliphatic carbocycles. The van der Waals surface area contributed by atoms with Crippen molar-refractivity contribution in [3.63, 3.8) is 0 Å². The van der Waals surface area contributed by atoms with Crippen LogP contribution in [0.25, 0.3) is 0 Å². The third-order valence-electron chi connectivity index (χ3n) is 3.34. The van der Waals surface area contributed by atoms with E-state index in [1.165, 1.54) is 12.3 Å². The van der Waals surface area contributed by atoms with E-state index in [4.69, 9.17) is 20.9 Å². The van der Waals surface area contributed by atoms with E-state index in [-0.39, 0.29) is 5.02 Å². The van der Waals surface area contributed by atoms with E-state index in [0.29, 0.717) is 5.46 Å². The molecule has 0 spiro atoms. The van der Waals surface area contributed by atoms with Crippen molar-refractivity contribution in [2.75, 3.05) is 0 Å². The van der Waals surface area contributed by atoms with Crippen LogP contribution in [0.15, 0.2) is 12.3 Å². The molecule has 0 radical (unpaired) electrons. The summed E-state index contributed by atoms with van der Waals surface area (Å²) in [7, 11) is -0.564. The van der Waals surface area contributed by atoms with Crippen molar-refractivity contribution in [3.8, 4) is 0 Å². The predicted molar refractivity (Wildman–Crippen MR) is 76.3 cm³/mol. The first-order valence-electron chi connectivity index (χ1n) is 6.39. The molecule has 2 heterocycles. The lowest BCUT2D eigenvalue weighted by molar-refractivity contribution is 0.00578. The third kappa shape index (κ3) is 3.27. The van der Waals surface area contributed by atoms with E-state index in [1.54, 1.807) is 0 Å². The molecule has 106 valence electrons. The van der Waals surface area contributed by atoms with Gasteiger partial charge in [0.2, 0.25) is 5.95 Å². The summed E-state index contributed by atoms with van der Waals surface area (Å²) >= 11 is 5.69. The van der Waals surface area contributed by atoms with Gasteiger partial charge in [0.05, 0.1) is 16.2 Å². The highest BCUT2D eigenvalue weighted by Gasteiger charge is 2.51. The van der Waals surface area contributed by atoms with Crippen LogP contribution in [0, 0.1) is 5.95 Å². The Kier molecular flexibility index (Phi) is 4.99. The Morgan fingerprint density at radius 1 is 1.16 bits per heavy atom. The van der Waals surface area contributed by atoms with Crippen molar-refractivity contribution in [1.29, 1.82) is 0 Å². The molecule has 0 unspecified atom stereocenters. The summed E-state index contributed by atoms with van der Waals surface area (Å²) in [6.07, 6.45) is 1.38. The molecule has 0 N–H and O–H groups in total. The average molecular weight is 288 g/mol. The maximum absolute atomic E-state index is 13.0.